The average molecular weight is 327 g/mol. The van der Waals surface area contributed by atoms with Gasteiger partial charge in [-0.05, 0) is 43.0 Å². The Morgan fingerprint density at radius 1 is 1.18 bits per heavy atom. The number of hydrogen-bond acceptors (Lipinski definition) is 5. The SMILES string of the molecule is COCC1CCN(S(=O)(=O)c2ccc(C(=O)OC)cc2)CC1. The molecule has 1 aromatic carbocycles. The van der Waals surface area contributed by atoms with Crippen LogP contribution in [-0.4, -0.2) is 52.6 Å². The van der Waals surface area contributed by atoms with Gasteiger partial charge < -0.3 is 9.47 Å². The fourth-order valence-electron chi connectivity index (χ4n) is 2.58. The lowest BCUT2D eigenvalue weighted by Crippen LogP contribution is -2.39. The highest BCUT2D eigenvalue weighted by Gasteiger charge is 2.29. The van der Waals surface area contributed by atoms with Crippen molar-refractivity contribution in [3.63, 3.8) is 0 Å². The van der Waals surface area contributed by atoms with Crippen molar-refractivity contribution < 1.29 is 22.7 Å². The molecule has 1 heterocycles. The van der Waals surface area contributed by atoms with E-state index in [0.717, 1.165) is 12.8 Å². The molecule has 122 valence electrons. The molecule has 0 amide bonds. The smallest absolute Gasteiger partial charge is 0.337 e. The van der Waals surface area contributed by atoms with Crippen molar-refractivity contribution in [1.29, 1.82) is 0 Å². The van der Waals surface area contributed by atoms with Crippen LogP contribution in [0.1, 0.15) is 23.2 Å². The summed E-state index contributed by atoms with van der Waals surface area (Å²) in [4.78, 5) is 11.6. The molecule has 0 atom stereocenters. The van der Waals surface area contributed by atoms with Crippen molar-refractivity contribution in [2.24, 2.45) is 5.92 Å². The Hall–Kier alpha value is -1.44. The molecule has 1 fully saturated rings. The zero-order chi connectivity index (χ0) is 16.2. The number of carbonyl (C=O) groups excluding carboxylic acids is 1. The Kier molecular flexibility index (Phi) is 5.55. The third-order valence-corrected chi connectivity index (χ3v) is 5.80. The monoisotopic (exact) mass is 327 g/mol. The standard InChI is InChI=1S/C15H21NO5S/c1-20-11-12-7-9-16(10-8-12)22(18,19)14-5-3-13(4-6-14)15(17)21-2/h3-6,12H,7-11H2,1-2H3. The molecule has 2 rings (SSSR count). The Balaban J connectivity index is 2.09. The molecule has 1 saturated heterocycles. The van der Waals surface area contributed by atoms with Crippen LogP contribution in [0.2, 0.25) is 0 Å². The van der Waals surface area contributed by atoms with Crippen LogP contribution in [0.4, 0.5) is 0 Å². The van der Waals surface area contributed by atoms with E-state index in [2.05, 4.69) is 4.74 Å². The molecule has 1 aliphatic heterocycles. The highest BCUT2D eigenvalue weighted by molar-refractivity contribution is 7.89. The number of sulfonamides is 1. The summed E-state index contributed by atoms with van der Waals surface area (Å²) in [7, 11) is -0.562. The minimum absolute atomic E-state index is 0.199. The predicted octanol–water partition coefficient (Wildman–Crippen LogP) is 1.52. The quantitative estimate of drug-likeness (QED) is 0.767. The van der Waals surface area contributed by atoms with Gasteiger partial charge in [0.05, 0.1) is 17.6 Å². The predicted molar refractivity (Wildman–Crippen MR) is 81.1 cm³/mol. The fraction of sp³-hybridized carbons (Fsp3) is 0.533. The molecule has 0 spiro atoms. The second-order valence-electron chi connectivity index (χ2n) is 5.32. The largest absolute Gasteiger partial charge is 0.465 e. The molecule has 0 unspecified atom stereocenters. The molecule has 1 aromatic rings. The third-order valence-electron chi connectivity index (χ3n) is 3.89. The van der Waals surface area contributed by atoms with Crippen LogP contribution in [0.15, 0.2) is 29.2 Å². The van der Waals surface area contributed by atoms with E-state index in [1.54, 1.807) is 7.11 Å². The van der Waals surface area contributed by atoms with Crippen LogP contribution >= 0.6 is 0 Å². The highest BCUT2D eigenvalue weighted by Crippen LogP contribution is 2.24. The molecular weight excluding hydrogens is 306 g/mol. The van der Waals surface area contributed by atoms with E-state index in [4.69, 9.17) is 4.74 Å². The molecule has 0 radical (unpaired) electrons. The first kappa shape index (κ1) is 16.9. The van der Waals surface area contributed by atoms with Crippen molar-refractivity contribution in [2.45, 2.75) is 17.7 Å². The number of carbonyl (C=O) groups is 1. The minimum atomic E-state index is -3.51. The van der Waals surface area contributed by atoms with Crippen molar-refractivity contribution in [2.75, 3.05) is 33.9 Å². The van der Waals surface area contributed by atoms with E-state index in [0.29, 0.717) is 31.2 Å². The molecule has 1 aliphatic rings. The first-order valence-electron chi connectivity index (χ1n) is 7.16. The number of rotatable bonds is 5. The van der Waals surface area contributed by atoms with E-state index in [1.807, 2.05) is 0 Å². The Morgan fingerprint density at radius 2 is 1.77 bits per heavy atom. The van der Waals surface area contributed by atoms with E-state index < -0.39 is 16.0 Å². The number of methoxy groups -OCH3 is 2. The number of ether oxygens (including phenoxy) is 2. The van der Waals surface area contributed by atoms with E-state index in [-0.39, 0.29) is 4.90 Å². The van der Waals surface area contributed by atoms with Gasteiger partial charge in [-0.3, -0.25) is 0 Å². The van der Waals surface area contributed by atoms with Gasteiger partial charge in [0.2, 0.25) is 10.0 Å². The van der Waals surface area contributed by atoms with Gasteiger partial charge in [0.15, 0.2) is 0 Å². The number of hydrogen-bond donors (Lipinski definition) is 0. The van der Waals surface area contributed by atoms with Crippen molar-refractivity contribution in [3.8, 4) is 0 Å². The summed E-state index contributed by atoms with van der Waals surface area (Å²) in [6, 6.07) is 5.83. The van der Waals surface area contributed by atoms with Gasteiger partial charge in [0.25, 0.3) is 0 Å². The number of piperidine rings is 1. The summed E-state index contributed by atoms with van der Waals surface area (Å²) < 4.78 is 36.4. The maximum atomic E-state index is 12.6. The molecule has 7 heteroatoms. The fourth-order valence-corrected chi connectivity index (χ4v) is 4.05. The summed E-state index contributed by atoms with van der Waals surface area (Å²) in [5.41, 5.74) is 0.334. The van der Waals surface area contributed by atoms with Crippen LogP contribution in [0.25, 0.3) is 0 Å². The van der Waals surface area contributed by atoms with E-state index in [9.17, 15) is 13.2 Å². The summed E-state index contributed by atoms with van der Waals surface area (Å²) in [5, 5.41) is 0. The summed E-state index contributed by atoms with van der Waals surface area (Å²) in [5.74, 6) is -0.0671. The molecule has 0 N–H and O–H groups in total. The van der Waals surface area contributed by atoms with Crippen molar-refractivity contribution >= 4 is 16.0 Å². The van der Waals surface area contributed by atoms with Gasteiger partial charge in [0, 0.05) is 26.8 Å². The zero-order valence-corrected chi connectivity index (χ0v) is 13.6. The lowest BCUT2D eigenvalue weighted by molar-refractivity contribution is 0.0600. The number of nitrogens with zero attached hydrogens (tertiary/aromatic N) is 1. The molecule has 0 saturated carbocycles. The first-order valence-corrected chi connectivity index (χ1v) is 8.60. The molecule has 0 bridgehead atoms. The number of benzene rings is 1. The average Bonchev–Trinajstić information content (AvgIpc) is 2.55. The lowest BCUT2D eigenvalue weighted by atomic mass is 9.99. The summed E-state index contributed by atoms with van der Waals surface area (Å²) in [6.07, 6.45) is 1.60. The van der Waals surface area contributed by atoms with Crippen molar-refractivity contribution in [1.82, 2.24) is 4.31 Å². The lowest BCUT2D eigenvalue weighted by Gasteiger charge is -2.30. The molecule has 6 nitrogen and oxygen atoms in total. The second kappa shape index (κ2) is 7.21. The van der Waals surface area contributed by atoms with Crippen LogP contribution in [0, 0.1) is 5.92 Å². The van der Waals surface area contributed by atoms with Gasteiger partial charge in [-0.2, -0.15) is 4.31 Å². The van der Waals surface area contributed by atoms with E-state index in [1.165, 1.54) is 35.7 Å². The molecular formula is C15H21NO5S. The van der Waals surface area contributed by atoms with Crippen LogP contribution in [0.5, 0.6) is 0 Å². The summed E-state index contributed by atoms with van der Waals surface area (Å²) in [6.45, 7) is 1.66. The van der Waals surface area contributed by atoms with Gasteiger partial charge in [0.1, 0.15) is 0 Å². The van der Waals surface area contributed by atoms with Gasteiger partial charge in [-0.1, -0.05) is 0 Å². The zero-order valence-electron chi connectivity index (χ0n) is 12.8. The van der Waals surface area contributed by atoms with Gasteiger partial charge in [-0.15, -0.1) is 0 Å². The van der Waals surface area contributed by atoms with Crippen LogP contribution < -0.4 is 0 Å². The first-order chi connectivity index (χ1) is 10.5. The van der Waals surface area contributed by atoms with Crippen LogP contribution in [-0.2, 0) is 19.5 Å². The maximum absolute atomic E-state index is 12.6. The van der Waals surface area contributed by atoms with Crippen LogP contribution in [0.3, 0.4) is 0 Å². The highest BCUT2D eigenvalue weighted by atomic mass is 32.2. The maximum Gasteiger partial charge on any atom is 0.337 e. The molecule has 22 heavy (non-hydrogen) atoms. The summed E-state index contributed by atoms with van der Waals surface area (Å²) >= 11 is 0. The van der Waals surface area contributed by atoms with Gasteiger partial charge >= 0.3 is 5.97 Å². The topological polar surface area (TPSA) is 72.9 Å². The van der Waals surface area contributed by atoms with Gasteiger partial charge in [-0.25, -0.2) is 13.2 Å². The van der Waals surface area contributed by atoms with E-state index >= 15 is 0 Å². The minimum Gasteiger partial charge on any atom is -0.465 e. The second-order valence-corrected chi connectivity index (χ2v) is 7.26. The Morgan fingerprint density at radius 3 is 2.27 bits per heavy atom. The third kappa shape index (κ3) is 3.66. The van der Waals surface area contributed by atoms with Crippen molar-refractivity contribution in [3.05, 3.63) is 29.8 Å². The molecule has 0 aromatic heterocycles. The molecule has 0 aliphatic carbocycles. The Labute approximate surface area is 131 Å². The number of esters is 1. The normalized spacial score (nSPS) is 17.4. The Bertz CT molecular complexity index is 603.